The number of aryl methyl sites for hydroxylation is 2. The number of phenolic OH excluding ortho intramolecular Hbond substituents is 1. The zero-order valence-corrected chi connectivity index (χ0v) is 17.5. The van der Waals surface area contributed by atoms with Crippen LogP contribution in [0.3, 0.4) is 0 Å². The van der Waals surface area contributed by atoms with E-state index in [0.29, 0.717) is 40.4 Å². The van der Waals surface area contributed by atoms with Crippen LogP contribution in [0.4, 0.5) is 0 Å². The van der Waals surface area contributed by atoms with Gasteiger partial charge in [0, 0.05) is 17.0 Å². The van der Waals surface area contributed by atoms with Crippen LogP contribution in [0.2, 0.25) is 0 Å². The number of thiazole rings is 1. The molecule has 6 heteroatoms. The van der Waals surface area contributed by atoms with Gasteiger partial charge in [-0.2, -0.15) is 0 Å². The van der Waals surface area contributed by atoms with Gasteiger partial charge in [-0.05, 0) is 37.8 Å². The number of hydrogen-bond donors (Lipinski definition) is 2. The molecule has 2 N–H and O–H groups in total. The summed E-state index contributed by atoms with van der Waals surface area (Å²) < 4.78 is 5.96. The third-order valence-electron chi connectivity index (χ3n) is 5.73. The lowest BCUT2D eigenvalue weighted by Crippen LogP contribution is -3.12. The van der Waals surface area contributed by atoms with Gasteiger partial charge in [-0.25, -0.2) is 4.98 Å². The fourth-order valence-electron chi connectivity index (χ4n) is 4.26. The molecule has 28 heavy (non-hydrogen) atoms. The molecule has 5 nitrogen and oxygen atoms in total. The highest BCUT2D eigenvalue weighted by Gasteiger charge is 2.25. The molecule has 1 fully saturated rings. The third-order valence-corrected chi connectivity index (χ3v) is 6.73. The van der Waals surface area contributed by atoms with Crippen molar-refractivity contribution in [1.82, 2.24) is 4.98 Å². The van der Waals surface area contributed by atoms with Crippen LogP contribution in [0.1, 0.15) is 43.5 Å². The van der Waals surface area contributed by atoms with Crippen molar-refractivity contribution in [2.45, 2.75) is 46.6 Å². The Morgan fingerprint density at radius 2 is 2.25 bits per heavy atom. The van der Waals surface area contributed by atoms with E-state index in [1.54, 1.807) is 6.07 Å². The summed E-state index contributed by atoms with van der Waals surface area (Å²) in [6, 6.07) is 1.79. The highest BCUT2D eigenvalue weighted by atomic mass is 32.1. The minimum Gasteiger partial charge on any atom is -0.507 e. The maximum Gasteiger partial charge on any atom is 0.202 e. The molecule has 3 aromatic rings. The van der Waals surface area contributed by atoms with Gasteiger partial charge in [-0.3, -0.25) is 4.79 Å². The minimum atomic E-state index is -0.0754. The first kappa shape index (κ1) is 19.2. The Morgan fingerprint density at radius 3 is 2.93 bits per heavy atom. The molecule has 1 unspecified atom stereocenters. The van der Waals surface area contributed by atoms with Gasteiger partial charge in [0.15, 0.2) is 0 Å². The lowest BCUT2D eigenvalue weighted by molar-refractivity contribution is -0.922. The van der Waals surface area contributed by atoms with Crippen molar-refractivity contribution in [3.63, 3.8) is 0 Å². The topological polar surface area (TPSA) is 67.8 Å². The molecule has 2 aromatic heterocycles. The maximum absolute atomic E-state index is 13.2. The van der Waals surface area contributed by atoms with Crippen LogP contribution in [0.5, 0.6) is 5.75 Å². The lowest BCUT2D eigenvalue weighted by Gasteiger charge is -2.28. The third kappa shape index (κ3) is 3.47. The summed E-state index contributed by atoms with van der Waals surface area (Å²) in [5, 5.41) is 14.0. The number of fused-ring (bicyclic) bond motifs is 1. The summed E-state index contributed by atoms with van der Waals surface area (Å²) in [6.07, 6.45) is 4.63. The number of benzene rings is 1. The van der Waals surface area contributed by atoms with Crippen LogP contribution in [-0.2, 0) is 13.0 Å². The van der Waals surface area contributed by atoms with Gasteiger partial charge in [0.05, 0.1) is 29.6 Å². The number of likely N-dealkylation sites (tertiary alicyclic amines) is 1. The second kappa shape index (κ2) is 7.68. The molecular weight excluding hydrogens is 372 g/mol. The zero-order chi connectivity index (χ0) is 19.8. The lowest BCUT2D eigenvalue weighted by atomic mass is 9.97. The van der Waals surface area contributed by atoms with Crippen LogP contribution >= 0.6 is 11.3 Å². The zero-order valence-electron chi connectivity index (χ0n) is 16.7. The first-order valence-electron chi connectivity index (χ1n) is 10.0. The fourth-order valence-corrected chi connectivity index (χ4v) is 5.06. The Hall–Kier alpha value is -2.18. The van der Waals surface area contributed by atoms with Crippen molar-refractivity contribution >= 4 is 22.3 Å². The summed E-state index contributed by atoms with van der Waals surface area (Å²) in [5.74, 6) is 0.958. The van der Waals surface area contributed by atoms with Gasteiger partial charge >= 0.3 is 0 Å². The molecule has 3 heterocycles. The molecule has 0 spiro atoms. The number of nitrogens with zero attached hydrogens (tertiary/aromatic N) is 1. The first-order valence-corrected chi connectivity index (χ1v) is 10.9. The summed E-state index contributed by atoms with van der Waals surface area (Å²) in [6.45, 7) is 9.04. The minimum absolute atomic E-state index is 0.0754. The molecule has 0 radical (unpaired) electrons. The van der Waals surface area contributed by atoms with Gasteiger partial charge in [-0.15, -0.1) is 11.3 Å². The van der Waals surface area contributed by atoms with Gasteiger partial charge in [0.25, 0.3) is 0 Å². The van der Waals surface area contributed by atoms with Crippen molar-refractivity contribution in [1.29, 1.82) is 0 Å². The summed E-state index contributed by atoms with van der Waals surface area (Å²) >= 11 is 1.45. The number of hydrogen-bond acceptors (Lipinski definition) is 5. The number of piperidine rings is 1. The number of rotatable bonds is 4. The SMILES string of the molecule is CCc1cc2c(=O)c(-c3nc(C)cs3)coc2c(C[NH+]2CCC[C@H](C)C2)c1O. The van der Waals surface area contributed by atoms with E-state index in [2.05, 4.69) is 11.9 Å². The number of quaternary nitrogens is 1. The molecule has 148 valence electrons. The molecule has 1 aliphatic heterocycles. The Kier molecular flexibility index (Phi) is 5.25. The summed E-state index contributed by atoms with van der Waals surface area (Å²) in [7, 11) is 0. The normalized spacial score (nSPS) is 20.0. The van der Waals surface area contributed by atoms with E-state index >= 15 is 0 Å². The van der Waals surface area contributed by atoms with Crippen molar-refractivity contribution < 1.29 is 14.4 Å². The monoisotopic (exact) mass is 399 g/mol. The number of phenols is 1. The van der Waals surface area contributed by atoms with Crippen LogP contribution in [0, 0.1) is 12.8 Å². The van der Waals surface area contributed by atoms with Gasteiger partial charge < -0.3 is 14.4 Å². The summed E-state index contributed by atoms with van der Waals surface area (Å²) in [5.41, 5.74) is 3.38. The van der Waals surface area contributed by atoms with Gasteiger partial charge in [0.1, 0.15) is 29.1 Å². The number of nitrogens with one attached hydrogen (secondary N) is 1. The molecule has 0 bridgehead atoms. The van der Waals surface area contributed by atoms with Gasteiger partial charge in [-0.1, -0.05) is 13.8 Å². The molecule has 2 atom stereocenters. The van der Waals surface area contributed by atoms with Crippen LogP contribution < -0.4 is 10.3 Å². The standard InChI is InChI=1S/C22H26N2O3S/c1-4-15-8-16-20(26)18(22-23-14(3)12-28-22)11-27-21(16)17(19(15)25)10-24-7-5-6-13(2)9-24/h8,11-13,25H,4-7,9-10H2,1-3H3/p+1/t13-/m0/s1. The Morgan fingerprint density at radius 1 is 1.43 bits per heavy atom. The van der Waals surface area contributed by atoms with Crippen LogP contribution in [0.25, 0.3) is 21.5 Å². The van der Waals surface area contributed by atoms with E-state index in [9.17, 15) is 9.90 Å². The predicted octanol–water partition coefficient (Wildman–Crippen LogP) is 3.31. The average molecular weight is 400 g/mol. The average Bonchev–Trinajstić information content (AvgIpc) is 3.10. The Balaban J connectivity index is 1.85. The maximum atomic E-state index is 13.2. The number of aromatic nitrogens is 1. The van der Waals surface area contributed by atoms with E-state index in [4.69, 9.17) is 4.42 Å². The highest BCUT2D eigenvalue weighted by Crippen LogP contribution is 2.32. The summed E-state index contributed by atoms with van der Waals surface area (Å²) in [4.78, 5) is 19.1. The van der Waals surface area contributed by atoms with Crippen molar-refractivity contribution in [2.24, 2.45) is 5.92 Å². The molecule has 0 aliphatic carbocycles. The highest BCUT2D eigenvalue weighted by molar-refractivity contribution is 7.13. The largest absolute Gasteiger partial charge is 0.507 e. The molecule has 0 amide bonds. The molecule has 1 aliphatic rings. The number of aromatic hydroxyl groups is 1. The van der Waals surface area contributed by atoms with Crippen LogP contribution in [-0.4, -0.2) is 23.2 Å². The molecule has 0 saturated carbocycles. The van der Waals surface area contributed by atoms with Gasteiger partial charge in [0.2, 0.25) is 5.43 Å². The van der Waals surface area contributed by atoms with E-state index in [1.165, 1.54) is 35.3 Å². The fraction of sp³-hybridized carbons (Fsp3) is 0.455. The van der Waals surface area contributed by atoms with Crippen molar-refractivity contribution in [2.75, 3.05) is 13.1 Å². The van der Waals surface area contributed by atoms with E-state index in [-0.39, 0.29) is 11.2 Å². The van der Waals surface area contributed by atoms with Crippen molar-refractivity contribution in [3.8, 4) is 16.3 Å². The second-order valence-electron chi connectivity index (χ2n) is 7.99. The molecule has 4 rings (SSSR count). The predicted molar refractivity (Wildman–Crippen MR) is 112 cm³/mol. The smallest absolute Gasteiger partial charge is 0.202 e. The molecule has 1 aromatic carbocycles. The van der Waals surface area contributed by atoms with Crippen molar-refractivity contribution in [3.05, 3.63) is 44.8 Å². The molecule has 1 saturated heterocycles. The van der Waals surface area contributed by atoms with E-state index < -0.39 is 0 Å². The first-order chi connectivity index (χ1) is 13.5. The Labute approximate surface area is 168 Å². The van der Waals surface area contributed by atoms with Crippen LogP contribution in [0.15, 0.2) is 26.9 Å². The molecular formula is C22H27N2O3S+. The second-order valence-corrected chi connectivity index (χ2v) is 8.85. The Bertz CT molecular complexity index is 1070. The quantitative estimate of drug-likeness (QED) is 0.706. The van der Waals surface area contributed by atoms with E-state index in [0.717, 1.165) is 29.9 Å². The van der Waals surface area contributed by atoms with E-state index in [1.807, 2.05) is 19.2 Å².